The fourth-order valence-electron chi connectivity index (χ4n) is 5.54. The number of para-hydroxylation sites is 2. The third kappa shape index (κ3) is 8.01. The number of hydrogen-bond donors (Lipinski definition) is 3. The van der Waals surface area contributed by atoms with Crippen LogP contribution in [0.1, 0.15) is 62.1 Å². The number of nitrogens with zero attached hydrogens (tertiary/aromatic N) is 4. The van der Waals surface area contributed by atoms with Gasteiger partial charge in [-0.25, -0.2) is 4.98 Å². The Hall–Kier alpha value is -3.47. The molecule has 1 aromatic carbocycles. The van der Waals surface area contributed by atoms with Crippen molar-refractivity contribution in [3.05, 3.63) is 30.2 Å². The fourth-order valence-corrected chi connectivity index (χ4v) is 5.54. The summed E-state index contributed by atoms with van der Waals surface area (Å²) < 4.78 is 5.64. The normalized spacial score (nSPS) is 19.4. The van der Waals surface area contributed by atoms with Gasteiger partial charge in [0.1, 0.15) is 5.52 Å². The second-order valence-electron chi connectivity index (χ2n) is 10.8. The molecule has 0 radical (unpaired) electrons. The van der Waals surface area contributed by atoms with E-state index in [0.29, 0.717) is 37.0 Å². The number of ketones is 1. The van der Waals surface area contributed by atoms with Crippen molar-refractivity contribution in [2.75, 3.05) is 39.8 Å². The number of Topliss-reactive ketones (excluding diaryl/α,β-unsaturated/α-hetero) is 1. The summed E-state index contributed by atoms with van der Waals surface area (Å²) in [4.78, 5) is 51.4. The summed E-state index contributed by atoms with van der Waals surface area (Å²) in [5, 5.41) is 2.80. The Kier molecular flexibility index (Phi) is 9.91. The number of nitrogens with two attached hydrogens (primary N) is 2. The molecule has 2 aliphatic heterocycles. The van der Waals surface area contributed by atoms with Gasteiger partial charge in [-0.15, -0.1) is 0 Å². The summed E-state index contributed by atoms with van der Waals surface area (Å²) in [5.41, 5.74) is 11.9. The van der Waals surface area contributed by atoms with Crippen LogP contribution < -0.4 is 16.8 Å². The molecule has 2 aliphatic rings. The molecule has 2 fully saturated rings. The van der Waals surface area contributed by atoms with Gasteiger partial charge in [0, 0.05) is 19.0 Å². The third-order valence-electron chi connectivity index (χ3n) is 7.85. The number of fused-ring (bicyclic) bond motifs is 1. The number of likely N-dealkylation sites (tertiary alicyclic amines) is 2. The van der Waals surface area contributed by atoms with E-state index in [0.717, 1.165) is 44.7 Å². The first-order chi connectivity index (χ1) is 18.8. The van der Waals surface area contributed by atoms with Gasteiger partial charge in [-0.3, -0.25) is 19.4 Å². The van der Waals surface area contributed by atoms with E-state index in [-0.39, 0.29) is 36.1 Å². The lowest BCUT2D eigenvalue weighted by molar-refractivity contribution is -0.135. The van der Waals surface area contributed by atoms with Gasteiger partial charge in [-0.1, -0.05) is 25.0 Å². The van der Waals surface area contributed by atoms with Crippen LogP contribution in [0.3, 0.4) is 0 Å². The van der Waals surface area contributed by atoms with E-state index in [4.69, 9.17) is 15.9 Å². The van der Waals surface area contributed by atoms with Crippen LogP contribution in [0.25, 0.3) is 11.1 Å². The molecule has 2 saturated heterocycles. The summed E-state index contributed by atoms with van der Waals surface area (Å²) in [6.07, 6.45) is 7.08. The molecule has 0 aliphatic carbocycles. The molecule has 0 bridgehead atoms. The highest BCUT2D eigenvalue weighted by Crippen LogP contribution is 2.27. The van der Waals surface area contributed by atoms with Gasteiger partial charge in [0.2, 0.25) is 17.6 Å². The van der Waals surface area contributed by atoms with Crippen LogP contribution in [-0.4, -0.2) is 84.2 Å². The molecule has 2 atom stereocenters. The summed E-state index contributed by atoms with van der Waals surface area (Å²) in [7, 11) is 2.17. The van der Waals surface area contributed by atoms with E-state index in [9.17, 15) is 14.4 Å². The first kappa shape index (κ1) is 28.5. The number of aromatic nitrogens is 1. The van der Waals surface area contributed by atoms with Crippen molar-refractivity contribution in [2.45, 2.75) is 57.4 Å². The number of amides is 2. The van der Waals surface area contributed by atoms with Crippen LogP contribution in [0.4, 0.5) is 0 Å². The molecular weight excluding hydrogens is 498 g/mol. The SMILES string of the molecule is CN1CCC(CCCC2CCN(CC(=O)N[C@@H](CCCN=C(N)N)C(=O)c3nc4ccccc4o3)C2=O)CC1. The monoisotopic (exact) mass is 539 g/mol. The maximum atomic E-state index is 13.3. The molecule has 1 aromatic heterocycles. The number of hydrogen-bond acceptors (Lipinski definition) is 7. The summed E-state index contributed by atoms with van der Waals surface area (Å²) in [5.74, 6) is -0.152. The lowest BCUT2D eigenvalue weighted by Crippen LogP contribution is -2.46. The topological polar surface area (TPSA) is 160 Å². The van der Waals surface area contributed by atoms with E-state index < -0.39 is 11.8 Å². The van der Waals surface area contributed by atoms with Gasteiger partial charge in [-0.2, -0.15) is 0 Å². The molecule has 2 amide bonds. The van der Waals surface area contributed by atoms with Crippen molar-refractivity contribution in [3.8, 4) is 0 Å². The second kappa shape index (κ2) is 13.5. The highest BCUT2D eigenvalue weighted by molar-refractivity contribution is 6.00. The molecule has 212 valence electrons. The average molecular weight is 540 g/mol. The van der Waals surface area contributed by atoms with Crippen molar-refractivity contribution in [1.29, 1.82) is 0 Å². The zero-order chi connectivity index (χ0) is 27.8. The smallest absolute Gasteiger partial charge is 0.266 e. The molecule has 1 unspecified atom stereocenters. The highest BCUT2D eigenvalue weighted by Gasteiger charge is 2.34. The Balaban J connectivity index is 1.29. The Morgan fingerprint density at radius 2 is 1.90 bits per heavy atom. The molecule has 11 nitrogen and oxygen atoms in total. The fraction of sp³-hybridized carbons (Fsp3) is 0.607. The molecular formula is C28H41N7O4. The van der Waals surface area contributed by atoms with E-state index in [1.165, 1.54) is 12.8 Å². The van der Waals surface area contributed by atoms with Crippen LogP contribution in [0, 0.1) is 11.8 Å². The van der Waals surface area contributed by atoms with Gasteiger partial charge >= 0.3 is 0 Å². The molecule has 39 heavy (non-hydrogen) atoms. The number of aliphatic imine (C=N–C) groups is 1. The molecule has 11 heteroatoms. The van der Waals surface area contributed by atoms with Gasteiger partial charge in [0.25, 0.3) is 5.89 Å². The van der Waals surface area contributed by atoms with Gasteiger partial charge < -0.3 is 31.0 Å². The second-order valence-corrected chi connectivity index (χ2v) is 10.8. The van der Waals surface area contributed by atoms with Gasteiger partial charge in [-0.05, 0) is 76.7 Å². The number of nitrogens with one attached hydrogen (secondary N) is 1. The number of carbonyl (C=O) groups excluding carboxylic acids is 3. The molecule has 0 saturated carbocycles. The van der Waals surface area contributed by atoms with Crippen molar-refractivity contribution in [3.63, 3.8) is 0 Å². The highest BCUT2D eigenvalue weighted by atomic mass is 16.4. The van der Waals surface area contributed by atoms with E-state index >= 15 is 0 Å². The van der Waals surface area contributed by atoms with E-state index in [1.807, 2.05) is 6.07 Å². The molecule has 0 spiro atoms. The zero-order valence-corrected chi connectivity index (χ0v) is 22.8. The quantitative estimate of drug-likeness (QED) is 0.151. The number of rotatable bonds is 13. The minimum Gasteiger partial charge on any atom is -0.434 e. The number of guanidine groups is 1. The van der Waals surface area contributed by atoms with Crippen LogP contribution >= 0.6 is 0 Å². The van der Waals surface area contributed by atoms with Crippen LogP contribution in [-0.2, 0) is 9.59 Å². The predicted octanol–water partition coefficient (Wildman–Crippen LogP) is 1.91. The minimum atomic E-state index is -0.872. The van der Waals surface area contributed by atoms with Crippen molar-refractivity contribution in [2.24, 2.45) is 28.3 Å². The largest absolute Gasteiger partial charge is 0.434 e. The summed E-state index contributed by atoms with van der Waals surface area (Å²) in [6, 6.07) is 6.22. The first-order valence-corrected chi connectivity index (χ1v) is 14.0. The van der Waals surface area contributed by atoms with Crippen molar-refractivity contribution >= 4 is 34.7 Å². The Morgan fingerprint density at radius 1 is 1.13 bits per heavy atom. The first-order valence-electron chi connectivity index (χ1n) is 14.0. The van der Waals surface area contributed by atoms with Crippen molar-refractivity contribution in [1.82, 2.24) is 20.1 Å². The van der Waals surface area contributed by atoms with Gasteiger partial charge in [0.05, 0.1) is 12.6 Å². The third-order valence-corrected chi connectivity index (χ3v) is 7.85. The van der Waals surface area contributed by atoms with E-state index in [1.54, 1.807) is 23.1 Å². The molecule has 3 heterocycles. The number of oxazole rings is 1. The maximum absolute atomic E-state index is 13.3. The van der Waals surface area contributed by atoms with Gasteiger partial charge in [0.15, 0.2) is 11.5 Å². The lowest BCUT2D eigenvalue weighted by atomic mass is 9.89. The average Bonchev–Trinajstić information content (AvgIpc) is 3.50. The number of benzene rings is 1. The minimum absolute atomic E-state index is 0.0270. The summed E-state index contributed by atoms with van der Waals surface area (Å²) in [6.45, 7) is 3.11. The van der Waals surface area contributed by atoms with Crippen LogP contribution in [0.5, 0.6) is 0 Å². The molecule has 5 N–H and O–H groups in total. The Bertz CT molecular complexity index is 1130. The predicted molar refractivity (Wildman–Crippen MR) is 149 cm³/mol. The standard InChI is InChI=1S/C28H41N7O4/c1-34-15-11-19(12-16-34)6-4-7-20-13-17-35(27(20)38)18-24(36)32-22(9-5-14-31-28(29)30)25(37)26-33-21-8-2-3-10-23(21)39-26/h2-3,8,10,19-20,22H,4-7,9,11-18H2,1H3,(H,32,36)(H4,29,30,31)/t20?,22-/m0/s1. The maximum Gasteiger partial charge on any atom is 0.266 e. The van der Waals surface area contributed by atoms with Crippen molar-refractivity contribution < 1.29 is 18.8 Å². The summed E-state index contributed by atoms with van der Waals surface area (Å²) >= 11 is 0. The Morgan fingerprint density at radius 3 is 2.64 bits per heavy atom. The van der Waals surface area contributed by atoms with Crippen LogP contribution in [0.2, 0.25) is 0 Å². The van der Waals surface area contributed by atoms with E-state index in [2.05, 4.69) is 27.2 Å². The molecule has 4 rings (SSSR count). The Labute approximate surface area is 229 Å². The number of piperidine rings is 1. The zero-order valence-electron chi connectivity index (χ0n) is 22.8. The lowest BCUT2D eigenvalue weighted by Gasteiger charge is -2.29. The number of carbonyl (C=O) groups is 3. The molecule has 2 aromatic rings. The van der Waals surface area contributed by atoms with Crippen LogP contribution in [0.15, 0.2) is 33.7 Å².